The van der Waals surface area contributed by atoms with Gasteiger partial charge in [-0.3, -0.25) is 4.57 Å². The van der Waals surface area contributed by atoms with E-state index in [1.54, 1.807) is 79.4 Å². The number of hydrogen-bond acceptors (Lipinski definition) is 12. The van der Waals surface area contributed by atoms with Crippen molar-refractivity contribution in [1.29, 1.82) is 0 Å². The minimum Gasteiger partial charge on any atom is -0.309 e. The lowest BCUT2D eigenvalue weighted by Crippen LogP contribution is -1.97. The Balaban J connectivity index is 0.000000131. The van der Waals surface area contributed by atoms with Crippen molar-refractivity contribution in [3.8, 4) is 0 Å². The lowest BCUT2D eigenvalue weighted by atomic mass is 10.2. The first-order chi connectivity index (χ1) is 31.3. The van der Waals surface area contributed by atoms with Crippen molar-refractivity contribution in [3.05, 3.63) is 179 Å². The highest BCUT2D eigenvalue weighted by molar-refractivity contribution is 9.11. The van der Waals surface area contributed by atoms with Crippen molar-refractivity contribution < 1.29 is 13.6 Å². The van der Waals surface area contributed by atoms with Crippen molar-refractivity contribution in [2.75, 3.05) is 13.2 Å². The van der Waals surface area contributed by atoms with E-state index in [2.05, 4.69) is 138 Å². The predicted octanol–water partition coefficient (Wildman–Crippen LogP) is 21.5. The van der Waals surface area contributed by atoms with Crippen LogP contribution in [-0.2, 0) is 25.7 Å². The second-order valence-electron chi connectivity index (χ2n) is 12.8. The average Bonchev–Trinajstić information content (AvgIpc) is 4.15. The topological polar surface area (TPSA) is 35.5 Å². The van der Waals surface area contributed by atoms with Crippen LogP contribution in [0.15, 0.2) is 159 Å². The van der Waals surface area contributed by atoms with E-state index in [9.17, 15) is 4.57 Å². The van der Waals surface area contributed by atoms with Gasteiger partial charge in [0.25, 0.3) is 0 Å². The van der Waals surface area contributed by atoms with Gasteiger partial charge in [0.1, 0.15) is 0 Å². The van der Waals surface area contributed by atoms with Crippen LogP contribution in [0.3, 0.4) is 0 Å². The first kappa shape index (κ1) is 51.3. The molecule has 0 atom stereocenters. The molecule has 64 heavy (non-hydrogen) atoms. The molecule has 0 saturated carbocycles. The first-order valence-corrected chi connectivity index (χ1v) is 31.3. The minimum absolute atomic E-state index is 0.381. The molecular formula is C48H42Br2ClO3PS9. The van der Waals surface area contributed by atoms with Gasteiger partial charge in [0.2, 0.25) is 0 Å². The third-order valence-electron chi connectivity index (χ3n) is 8.41. The van der Waals surface area contributed by atoms with Gasteiger partial charge in [-0.15, -0.1) is 91.0 Å². The molecule has 0 aliphatic carbocycles. The quantitative estimate of drug-likeness (QED) is 0.107. The summed E-state index contributed by atoms with van der Waals surface area (Å²) in [7, 11) is -2.90. The Kier molecular flexibility index (Phi) is 22.2. The lowest BCUT2D eigenvalue weighted by Gasteiger charge is -2.15. The number of halogens is 3. The molecule has 0 unspecified atom stereocenters. The van der Waals surface area contributed by atoms with Crippen LogP contribution in [-0.4, -0.2) is 13.2 Å². The van der Waals surface area contributed by atoms with E-state index >= 15 is 0 Å². The zero-order valence-corrected chi connectivity index (χ0v) is 46.6. The highest BCUT2D eigenvalue weighted by Crippen LogP contribution is 2.51. The summed E-state index contributed by atoms with van der Waals surface area (Å²) in [4.78, 5) is 3.58. The molecule has 9 aromatic heterocycles. The van der Waals surface area contributed by atoms with Gasteiger partial charge in [0, 0.05) is 44.2 Å². The maximum atomic E-state index is 12.0. The summed E-state index contributed by atoms with van der Waals surface area (Å²) < 4.78 is 30.3. The number of benzene rings is 2. The average molecular weight is 1180 g/mol. The zero-order chi connectivity index (χ0) is 45.0. The molecule has 0 saturated heterocycles. The van der Waals surface area contributed by atoms with E-state index in [4.69, 9.17) is 20.6 Å². The monoisotopic (exact) mass is 1180 g/mol. The molecule has 0 amide bonds. The van der Waals surface area contributed by atoms with Crippen LogP contribution in [0.4, 0.5) is 0 Å². The number of thiophene rings is 9. The van der Waals surface area contributed by atoms with E-state index in [0.717, 1.165) is 4.88 Å². The van der Waals surface area contributed by atoms with Crippen molar-refractivity contribution in [3.63, 3.8) is 0 Å². The normalized spacial score (nSPS) is 11.0. The number of rotatable bonds is 9. The van der Waals surface area contributed by atoms with Gasteiger partial charge in [0.15, 0.2) is 0 Å². The van der Waals surface area contributed by atoms with Crippen LogP contribution in [0.5, 0.6) is 0 Å². The van der Waals surface area contributed by atoms with Crippen molar-refractivity contribution in [1.82, 2.24) is 0 Å². The maximum Gasteiger partial charge on any atom is 0.335 e. The van der Waals surface area contributed by atoms with E-state index in [1.165, 1.54) is 63.2 Å². The third-order valence-corrected chi connectivity index (χ3v) is 20.2. The lowest BCUT2D eigenvalue weighted by molar-refractivity contribution is 0.219. The molecule has 0 bridgehead atoms. The first-order valence-electron chi connectivity index (χ1n) is 19.6. The molecular weight excluding hydrogens is 1140 g/mol. The molecule has 0 fully saturated rings. The van der Waals surface area contributed by atoms with Gasteiger partial charge < -0.3 is 9.05 Å². The molecule has 0 radical (unpaired) electrons. The smallest absolute Gasteiger partial charge is 0.309 e. The Morgan fingerprint density at radius 2 is 1.27 bits per heavy atom. The van der Waals surface area contributed by atoms with Crippen LogP contribution >= 0.6 is 153 Å². The van der Waals surface area contributed by atoms with E-state index in [1.807, 2.05) is 94.4 Å². The third kappa shape index (κ3) is 16.3. The Hall–Kier alpha value is -2.08. The van der Waals surface area contributed by atoms with Gasteiger partial charge in [-0.05, 0) is 177 Å². The molecule has 332 valence electrons. The van der Waals surface area contributed by atoms with Gasteiger partial charge >= 0.3 is 7.60 Å². The summed E-state index contributed by atoms with van der Waals surface area (Å²) >= 11 is 28.2. The van der Waals surface area contributed by atoms with Gasteiger partial charge in [-0.2, -0.15) is 22.7 Å². The van der Waals surface area contributed by atoms with E-state index in [-0.39, 0.29) is 0 Å². The molecule has 0 spiro atoms. The van der Waals surface area contributed by atoms with Crippen LogP contribution in [0, 0.1) is 0 Å². The van der Waals surface area contributed by atoms with Crippen LogP contribution in [0.1, 0.15) is 34.0 Å². The van der Waals surface area contributed by atoms with Crippen molar-refractivity contribution >= 4 is 206 Å². The second kappa shape index (κ2) is 27.7. The summed E-state index contributed by atoms with van der Waals surface area (Å²) in [5, 5.41) is 24.2. The zero-order valence-electron chi connectivity index (χ0n) is 34.5. The molecule has 2 aromatic carbocycles. The second-order valence-corrected chi connectivity index (χ2v) is 26.5. The highest BCUT2D eigenvalue weighted by atomic mass is 79.9. The van der Waals surface area contributed by atoms with E-state index < -0.39 is 7.60 Å². The Morgan fingerprint density at radius 1 is 0.578 bits per heavy atom. The summed E-state index contributed by atoms with van der Waals surface area (Å²) in [6.45, 7) is 4.48. The largest absolute Gasteiger partial charge is 0.335 e. The van der Waals surface area contributed by atoms with E-state index in [0.29, 0.717) is 25.3 Å². The molecule has 0 aliphatic heterocycles. The fourth-order valence-electron chi connectivity index (χ4n) is 5.69. The molecule has 16 heteroatoms. The Labute approximate surface area is 432 Å². The minimum atomic E-state index is -2.90. The summed E-state index contributed by atoms with van der Waals surface area (Å²) in [6, 6.07) is 35.8. The molecule has 11 aromatic rings. The Morgan fingerprint density at radius 3 is 1.89 bits per heavy atom. The molecule has 9 heterocycles. The summed E-state index contributed by atoms with van der Waals surface area (Å²) in [6.07, 6.45) is 4.67. The van der Waals surface area contributed by atoms with Crippen molar-refractivity contribution in [2.24, 2.45) is 0 Å². The Bertz CT molecular complexity index is 2830. The fourth-order valence-corrected chi connectivity index (χ4v) is 16.0. The van der Waals surface area contributed by atoms with Gasteiger partial charge in [0.05, 0.1) is 32.8 Å². The van der Waals surface area contributed by atoms with Gasteiger partial charge in [-0.1, -0.05) is 48.5 Å². The van der Waals surface area contributed by atoms with Crippen LogP contribution < -0.4 is 0 Å². The molecule has 3 nitrogen and oxygen atoms in total. The molecule has 0 aliphatic rings. The van der Waals surface area contributed by atoms with Gasteiger partial charge in [-0.25, -0.2) is 0 Å². The number of fused-ring (bicyclic) bond motifs is 6. The molecule has 11 rings (SSSR count). The highest BCUT2D eigenvalue weighted by Gasteiger charge is 2.24. The van der Waals surface area contributed by atoms with Crippen LogP contribution in [0.2, 0.25) is 0 Å². The maximum absolute atomic E-state index is 12.0. The number of hydrogen-bond donors (Lipinski definition) is 0. The molecule has 0 N–H and O–H groups in total. The number of alkyl halides is 1. The standard InChI is InChI=1S/C10H4Br2S2.C10H6S2.C10H8S2.C9H15O3PS.C5H5ClS.C4H4S/c11-8-3-5-1-2-7-6(10(5)14-8)4-9(12)13-7;1-2-9-8(4-6-11-9)10-7(1)3-5-12-10;1-2-10(12-6-1)4-3-9-5-7-11-8-9;1-3-11-13(10,12-4-2)8-9-6-5-7-14-9;6-4-5-2-1-3-7-5;1-2-4-5-3-1/h1-4H;1-6H;1-8H;5-7H,3-4,8H2,1-2H3;1-3H,4H2;1-4H/b;;4-3+;;;. The predicted molar refractivity (Wildman–Crippen MR) is 304 cm³/mol. The fraction of sp³-hybridized carbons (Fsp3) is 0.125. The summed E-state index contributed by atoms with van der Waals surface area (Å²) in [5.74, 6) is 0.650. The summed E-state index contributed by atoms with van der Waals surface area (Å²) in [5.41, 5.74) is 1.29. The van der Waals surface area contributed by atoms with Crippen molar-refractivity contribution in [2.45, 2.75) is 25.9 Å². The SMILES string of the molecule is Brc1cc2c(ccc3cc(Br)sc32)s1.C(=C\c1cccs1)/c1ccsc1.CCOP(=O)(Cc1cccs1)OCC.ClCc1cccs1.c1cc2c(ccc3ccsc32)s1.c1ccsc1. The van der Waals surface area contributed by atoms with Crippen LogP contribution in [0.25, 0.3) is 52.5 Å².